The Bertz CT molecular complexity index is 532. The van der Waals surface area contributed by atoms with Gasteiger partial charge in [0.2, 0.25) is 0 Å². The lowest BCUT2D eigenvalue weighted by molar-refractivity contribution is 0.414. The van der Waals surface area contributed by atoms with E-state index in [0.29, 0.717) is 10.8 Å². The summed E-state index contributed by atoms with van der Waals surface area (Å²) in [5.41, 5.74) is 0.828. The maximum absolute atomic E-state index is 8.55. The molecule has 0 N–H and O–H groups in total. The number of rotatable bonds is 3. The van der Waals surface area contributed by atoms with Gasteiger partial charge >= 0.3 is 0 Å². The molecule has 0 bridgehead atoms. The predicted octanol–water partition coefficient (Wildman–Crippen LogP) is 3.34. The maximum Gasteiger partial charge on any atom is 0.129 e. The van der Waals surface area contributed by atoms with Gasteiger partial charge in [-0.1, -0.05) is 23.8 Å². The average Bonchev–Trinajstić information content (AvgIpc) is 2.35. The molecule has 1 aromatic carbocycles. The van der Waals surface area contributed by atoms with Crippen LogP contribution in [-0.4, -0.2) is 7.11 Å². The summed E-state index contributed by atoms with van der Waals surface area (Å²) in [7, 11) is 1.56. The van der Waals surface area contributed by atoms with Crippen LogP contribution in [0.1, 0.15) is 5.56 Å². The molecule has 0 unspecified atom stereocenters. The van der Waals surface area contributed by atoms with Crippen molar-refractivity contribution < 1.29 is 4.74 Å². The largest absolute Gasteiger partial charge is 0.496 e. The fraction of sp³-hybridized carbons (Fsp3) is 0.0769. The van der Waals surface area contributed by atoms with Crippen LogP contribution in [0.3, 0.4) is 0 Å². The Morgan fingerprint density at radius 2 is 2.06 bits per heavy atom. The minimum atomic E-state index is 0.0437. The highest BCUT2D eigenvalue weighted by Crippen LogP contribution is 2.23. The van der Waals surface area contributed by atoms with Crippen LogP contribution in [0.5, 0.6) is 5.75 Å². The zero-order chi connectivity index (χ0) is 12.7. The van der Waals surface area contributed by atoms with Gasteiger partial charge in [0.15, 0.2) is 0 Å². The van der Waals surface area contributed by atoms with Crippen LogP contribution in [0.4, 0.5) is 0 Å². The molecule has 0 saturated heterocycles. The molecule has 0 spiro atoms. The van der Waals surface area contributed by atoms with Gasteiger partial charge in [-0.05, 0) is 24.3 Å². The van der Waals surface area contributed by atoms with E-state index < -0.39 is 0 Å². The lowest BCUT2D eigenvalue weighted by atomic mass is 10.1. The van der Waals surface area contributed by atoms with Crippen molar-refractivity contribution in [1.82, 2.24) is 0 Å². The van der Waals surface area contributed by atoms with Crippen LogP contribution in [0, 0.1) is 22.7 Å². The molecule has 0 fully saturated rings. The average molecular weight is 245 g/mol. The number of benzene rings is 1. The molecule has 1 rings (SSSR count). The molecule has 0 saturated carbocycles. The first kappa shape index (κ1) is 12.8. The molecule has 0 aliphatic carbocycles. The first-order valence-corrected chi connectivity index (χ1v) is 5.11. The molecule has 1 aromatic rings. The molecule has 0 heterocycles. The summed E-state index contributed by atoms with van der Waals surface area (Å²) in [6.07, 6.45) is 4.76. The third-order valence-corrected chi connectivity index (χ3v) is 2.21. The summed E-state index contributed by atoms with van der Waals surface area (Å²) in [4.78, 5) is 0. The molecule has 17 heavy (non-hydrogen) atoms. The predicted molar refractivity (Wildman–Crippen MR) is 66.3 cm³/mol. The standard InChI is InChI=1S/C13H9ClN2O/c1-17-13-6-5-12(14)7-11(13)4-2-3-10(8-15)9-16/h2-7H,1H3/b4-2+. The van der Waals surface area contributed by atoms with Gasteiger partial charge in [0.25, 0.3) is 0 Å². The third kappa shape index (κ3) is 3.68. The lowest BCUT2D eigenvalue weighted by Crippen LogP contribution is -1.86. The van der Waals surface area contributed by atoms with Gasteiger partial charge in [0, 0.05) is 10.6 Å². The first-order chi connectivity index (χ1) is 8.21. The van der Waals surface area contributed by atoms with Crippen molar-refractivity contribution in [3.05, 3.63) is 46.5 Å². The van der Waals surface area contributed by atoms with Crippen LogP contribution < -0.4 is 4.74 Å². The van der Waals surface area contributed by atoms with Gasteiger partial charge in [-0.2, -0.15) is 10.5 Å². The van der Waals surface area contributed by atoms with Crippen molar-refractivity contribution in [3.8, 4) is 17.9 Å². The van der Waals surface area contributed by atoms with Crippen LogP contribution in [0.2, 0.25) is 5.02 Å². The lowest BCUT2D eigenvalue weighted by Gasteiger charge is -2.04. The molecular weight excluding hydrogens is 236 g/mol. The van der Waals surface area contributed by atoms with E-state index >= 15 is 0 Å². The van der Waals surface area contributed by atoms with Crippen molar-refractivity contribution in [3.63, 3.8) is 0 Å². The maximum atomic E-state index is 8.55. The molecule has 0 aliphatic rings. The van der Waals surface area contributed by atoms with E-state index in [-0.39, 0.29) is 5.57 Å². The van der Waals surface area contributed by atoms with Crippen LogP contribution in [-0.2, 0) is 0 Å². The van der Waals surface area contributed by atoms with Crippen molar-refractivity contribution in [2.45, 2.75) is 0 Å². The highest BCUT2D eigenvalue weighted by molar-refractivity contribution is 6.30. The molecular formula is C13H9ClN2O. The van der Waals surface area contributed by atoms with Gasteiger partial charge in [-0.3, -0.25) is 0 Å². The topological polar surface area (TPSA) is 56.8 Å². The summed E-state index contributed by atoms with van der Waals surface area (Å²) >= 11 is 5.86. The molecule has 3 nitrogen and oxygen atoms in total. The Morgan fingerprint density at radius 3 is 2.65 bits per heavy atom. The Hall–Kier alpha value is -2.23. The summed E-state index contributed by atoms with van der Waals surface area (Å²) in [5.74, 6) is 0.675. The molecule has 4 heteroatoms. The second kappa shape index (κ2) is 6.37. The zero-order valence-corrected chi connectivity index (χ0v) is 9.90. The third-order valence-electron chi connectivity index (χ3n) is 1.97. The van der Waals surface area contributed by atoms with E-state index in [1.807, 2.05) is 0 Å². The normalized spacial score (nSPS) is 9.41. The minimum absolute atomic E-state index is 0.0437. The number of hydrogen-bond donors (Lipinski definition) is 0. The van der Waals surface area contributed by atoms with Crippen molar-refractivity contribution in [1.29, 1.82) is 10.5 Å². The van der Waals surface area contributed by atoms with E-state index in [2.05, 4.69) is 0 Å². The van der Waals surface area contributed by atoms with Crippen LogP contribution >= 0.6 is 11.6 Å². The highest BCUT2D eigenvalue weighted by Gasteiger charge is 1.99. The van der Waals surface area contributed by atoms with Crippen molar-refractivity contribution in [2.24, 2.45) is 0 Å². The number of allylic oxidation sites excluding steroid dienone is 3. The summed E-state index contributed by atoms with van der Waals surface area (Å²) in [6, 6.07) is 8.76. The highest BCUT2D eigenvalue weighted by atomic mass is 35.5. The van der Waals surface area contributed by atoms with Crippen molar-refractivity contribution in [2.75, 3.05) is 7.11 Å². The van der Waals surface area contributed by atoms with E-state index in [9.17, 15) is 0 Å². The van der Waals surface area contributed by atoms with E-state index in [1.165, 1.54) is 6.08 Å². The molecule has 0 radical (unpaired) electrons. The van der Waals surface area contributed by atoms with Gasteiger partial charge in [-0.15, -0.1) is 0 Å². The monoisotopic (exact) mass is 244 g/mol. The fourth-order valence-electron chi connectivity index (χ4n) is 1.18. The Labute approximate surface area is 105 Å². The number of nitriles is 2. The quantitative estimate of drug-likeness (QED) is 0.605. The van der Waals surface area contributed by atoms with E-state index in [4.69, 9.17) is 26.9 Å². The molecule has 84 valence electrons. The first-order valence-electron chi connectivity index (χ1n) is 4.73. The van der Waals surface area contributed by atoms with Gasteiger partial charge in [0.1, 0.15) is 23.5 Å². The molecule has 0 aromatic heterocycles. The molecule has 0 aliphatic heterocycles. The number of halogens is 1. The van der Waals surface area contributed by atoms with Crippen LogP contribution in [0.15, 0.2) is 35.9 Å². The smallest absolute Gasteiger partial charge is 0.129 e. The number of ether oxygens (including phenoxy) is 1. The Morgan fingerprint density at radius 1 is 1.35 bits per heavy atom. The second-order valence-corrected chi connectivity index (χ2v) is 3.49. The summed E-state index contributed by atoms with van der Waals surface area (Å²) in [6.45, 7) is 0. The number of hydrogen-bond acceptors (Lipinski definition) is 3. The zero-order valence-electron chi connectivity index (χ0n) is 9.14. The van der Waals surface area contributed by atoms with Gasteiger partial charge in [-0.25, -0.2) is 0 Å². The fourth-order valence-corrected chi connectivity index (χ4v) is 1.36. The second-order valence-electron chi connectivity index (χ2n) is 3.05. The van der Waals surface area contributed by atoms with Gasteiger partial charge < -0.3 is 4.74 Å². The van der Waals surface area contributed by atoms with E-state index in [0.717, 1.165) is 5.56 Å². The molecule has 0 amide bonds. The summed E-state index contributed by atoms with van der Waals surface area (Å²) in [5, 5.41) is 17.7. The van der Waals surface area contributed by atoms with E-state index in [1.54, 1.807) is 49.6 Å². The van der Waals surface area contributed by atoms with Crippen LogP contribution in [0.25, 0.3) is 6.08 Å². The number of nitrogens with zero attached hydrogens (tertiary/aromatic N) is 2. The summed E-state index contributed by atoms with van der Waals surface area (Å²) < 4.78 is 5.15. The molecule has 0 atom stereocenters. The Balaban J connectivity index is 3.00. The minimum Gasteiger partial charge on any atom is -0.496 e. The SMILES string of the molecule is COc1ccc(Cl)cc1/C=C/C=C(C#N)C#N. The Kier molecular flexibility index (Phi) is 4.81. The number of methoxy groups -OCH3 is 1. The van der Waals surface area contributed by atoms with Gasteiger partial charge in [0.05, 0.1) is 7.11 Å². The van der Waals surface area contributed by atoms with Crippen molar-refractivity contribution >= 4 is 17.7 Å².